The van der Waals surface area contributed by atoms with Crippen molar-refractivity contribution in [2.45, 2.75) is 0 Å². The van der Waals surface area contributed by atoms with Gasteiger partial charge in [0.1, 0.15) is 13.2 Å². The van der Waals surface area contributed by atoms with E-state index in [0.29, 0.717) is 13.2 Å². The van der Waals surface area contributed by atoms with Crippen LogP contribution in [0.3, 0.4) is 0 Å². The number of carbonyl (C=O) groups excluding carboxylic acids is 3. The predicted molar refractivity (Wildman–Crippen MR) is 203 cm³/mol. The maximum absolute atomic E-state index is 9.80. The SMILES string of the molecule is C1CO1.O=C1OCCO1.O=C=O.[Ni].c1ccc(P(c2ccccc2)c2ccccc2)cc1.c1ccc(P(c2ccccc2)c2ccccc2)cc1. The molecule has 0 saturated carbocycles. The average molecular weight is 759 g/mol. The van der Waals surface area contributed by atoms with Crippen molar-refractivity contribution >= 4 is 60.0 Å². The zero-order chi connectivity index (χ0) is 35.1. The Morgan fingerprint density at radius 3 is 0.667 bits per heavy atom. The van der Waals surface area contributed by atoms with Gasteiger partial charge in [-0.15, -0.1) is 0 Å². The molecule has 6 aromatic rings. The topological polar surface area (TPSA) is 82.2 Å². The van der Waals surface area contributed by atoms with Gasteiger partial charge >= 0.3 is 12.3 Å². The molecule has 0 N–H and O–H groups in total. The molecule has 0 amide bonds. The maximum atomic E-state index is 9.80. The van der Waals surface area contributed by atoms with Crippen LogP contribution in [0.5, 0.6) is 0 Å². The third-order valence-electron chi connectivity index (χ3n) is 6.81. The molecule has 0 aromatic heterocycles. The van der Waals surface area contributed by atoms with Crippen molar-refractivity contribution in [3.63, 3.8) is 0 Å². The molecule has 0 unspecified atom stereocenters. The molecule has 2 aliphatic rings. The van der Waals surface area contributed by atoms with Gasteiger partial charge in [0.25, 0.3) is 0 Å². The van der Waals surface area contributed by atoms with E-state index in [1.165, 1.54) is 31.8 Å². The van der Waals surface area contributed by atoms with Crippen LogP contribution in [0.2, 0.25) is 0 Å². The molecular weight excluding hydrogens is 721 g/mol. The van der Waals surface area contributed by atoms with Crippen molar-refractivity contribution in [2.75, 3.05) is 26.4 Å². The summed E-state index contributed by atoms with van der Waals surface area (Å²) in [6, 6.07) is 64.7. The van der Waals surface area contributed by atoms with Gasteiger partial charge in [-0.3, -0.25) is 0 Å². The second kappa shape index (κ2) is 24.4. The zero-order valence-electron chi connectivity index (χ0n) is 27.8. The molecule has 6 nitrogen and oxygen atoms in total. The maximum Gasteiger partial charge on any atom is 0.508 e. The Balaban J connectivity index is 0.000000205. The van der Waals surface area contributed by atoms with Crippen LogP contribution in [0, 0.1) is 0 Å². The number of hydrogen-bond acceptors (Lipinski definition) is 6. The molecule has 0 atom stereocenters. The molecule has 0 radical (unpaired) electrons. The summed E-state index contributed by atoms with van der Waals surface area (Å²) in [5.74, 6) is 0. The van der Waals surface area contributed by atoms with E-state index in [4.69, 9.17) is 9.59 Å². The Morgan fingerprint density at radius 2 is 0.549 bits per heavy atom. The molecule has 2 heterocycles. The number of carbonyl (C=O) groups is 1. The summed E-state index contributed by atoms with van der Waals surface area (Å²) in [6.45, 7) is 2.83. The molecule has 0 spiro atoms. The van der Waals surface area contributed by atoms with E-state index in [0.717, 1.165) is 13.2 Å². The molecule has 8 rings (SSSR count). The van der Waals surface area contributed by atoms with E-state index >= 15 is 0 Å². The minimum Gasteiger partial charge on any atom is -0.431 e. The first-order valence-corrected chi connectivity index (χ1v) is 18.7. The first kappa shape index (κ1) is 40.7. The molecule has 0 aliphatic carbocycles. The summed E-state index contributed by atoms with van der Waals surface area (Å²) < 4.78 is 13.1. The van der Waals surface area contributed by atoms with Crippen molar-refractivity contribution in [2.24, 2.45) is 0 Å². The Bertz CT molecular complexity index is 1490. The minimum atomic E-state index is -0.546. The van der Waals surface area contributed by atoms with Crippen molar-refractivity contribution in [3.8, 4) is 0 Å². The minimum absolute atomic E-state index is 0. The number of rotatable bonds is 6. The van der Waals surface area contributed by atoms with Crippen LogP contribution in [0.15, 0.2) is 182 Å². The van der Waals surface area contributed by atoms with E-state index in [-0.39, 0.29) is 22.6 Å². The van der Waals surface area contributed by atoms with E-state index < -0.39 is 22.0 Å². The van der Waals surface area contributed by atoms with Gasteiger partial charge in [-0.1, -0.05) is 182 Å². The summed E-state index contributed by atoms with van der Waals surface area (Å²) in [7, 11) is -0.892. The van der Waals surface area contributed by atoms with Crippen LogP contribution in [0.25, 0.3) is 0 Å². The Kier molecular flexibility index (Phi) is 19.5. The number of benzene rings is 6. The van der Waals surface area contributed by atoms with E-state index in [2.05, 4.69) is 196 Å². The van der Waals surface area contributed by atoms with Crippen molar-refractivity contribution in [3.05, 3.63) is 182 Å². The van der Waals surface area contributed by atoms with Crippen LogP contribution >= 0.6 is 15.8 Å². The molecule has 262 valence electrons. The normalized spacial score (nSPS) is 11.8. The van der Waals surface area contributed by atoms with Gasteiger partial charge < -0.3 is 14.2 Å². The van der Waals surface area contributed by atoms with Gasteiger partial charge in [0, 0.05) is 16.5 Å². The summed E-state index contributed by atoms with van der Waals surface area (Å²) in [6.07, 6.45) is -0.296. The van der Waals surface area contributed by atoms with Gasteiger partial charge in [-0.25, -0.2) is 4.79 Å². The fourth-order valence-electron chi connectivity index (χ4n) is 4.65. The zero-order valence-corrected chi connectivity index (χ0v) is 30.6. The molecule has 2 fully saturated rings. The molecule has 6 aromatic carbocycles. The van der Waals surface area contributed by atoms with Crippen LogP contribution in [0.4, 0.5) is 4.79 Å². The monoisotopic (exact) mass is 758 g/mol. The van der Waals surface area contributed by atoms with Crippen molar-refractivity contribution < 1.29 is 45.1 Å². The van der Waals surface area contributed by atoms with E-state index in [1.54, 1.807) is 0 Å². The predicted octanol–water partition coefficient (Wildman–Crippen LogP) is 6.47. The van der Waals surface area contributed by atoms with Gasteiger partial charge in [0.2, 0.25) is 0 Å². The molecule has 51 heavy (non-hydrogen) atoms. The largest absolute Gasteiger partial charge is 0.508 e. The van der Waals surface area contributed by atoms with Crippen LogP contribution in [-0.4, -0.2) is 38.7 Å². The fourth-order valence-corrected chi connectivity index (χ4v) is 9.26. The second-order valence-corrected chi connectivity index (χ2v) is 14.8. The Hall–Kier alpha value is -4.72. The van der Waals surface area contributed by atoms with E-state index in [1.807, 2.05) is 0 Å². The smallest absolute Gasteiger partial charge is 0.431 e. The van der Waals surface area contributed by atoms with Crippen LogP contribution in [-0.2, 0) is 40.3 Å². The fraction of sp³-hybridized carbons (Fsp3) is 0.0952. The first-order chi connectivity index (χ1) is 24.7. The van der Waals surface area contributed by atoms with Gasteiger partial charge in [-0.2, -0.15) is 9.59 Å². The van der Waals surface area contributed by atoms with Gasteiger partial charge in [-0.05, 0) is 47.7 Å². The molecular formula is C42H38NiO6P2. The average Bonchev–Trinajstić information content (AvgIpc) is 4.00. The molecule has 9 heteroatoms. The Labute approximate surface area is 312 Å². The molecule has 2 saturated heterocycles. The van der Waals surface area contributed by atoms with Gasteiger partial charge in [0.05, 0.1) is 13.2 Å². The van der Waals surface area contributed by atoms with Crippen molar-refractivity contribution in [1.29, 1.82) is 0 Å². The number of hydrogen-bond donors (Lipinski definition) is 0. The second-order valence-electron chi connectivity index (χ2n) is 10.3. The standard InChI is InChI=1S/2C18H15P.C3H4O3.C2H4O.CO2.Ni/c2*1-4-10-16(11-5-1)19(17-12-6-2-7-13-17)18-14-8-3-9-15-18;4-3-5-1-2-6-3;1-2-3-1;2-1-3;/h2*1-15H;1-2H2;1-2H2;;. The third kappa shape index (κ3) is 15.0. The summed E-state index contributed by atoms with van der Waals surface area (Å²) in [5.41, 5.74) is 0. The van der Waals surface area contributed by atoms with E-state index in [9.17, 15) is 4.79 Å². The summed E-state index contributed by atoms with van der Waals surface area (Å²) in [4.78, 5) is 26.0. The number of cyclic esters (lactones) is 2. The first-order valence-electron chi connectivity index (χ1n) is 16.0. The molecule has 0 bridgehead atoms. The summed E-state index contributed by atoms with van der Waals surface area (Å²) >= 11 is 0. The Morgan fingerprint density at radius 1 is 0.373 bits per heavy atom. The number of epoxide rings is 1. The van der Waals surface area contributed by atoms with Crippen LogP contribution in [0.1, 0.15) is 0 Å². The number of ether oxygens (including phenoxy) is 3. The van der Waals surface area contributed by atoms with Crippen LogP contribution < -0.4 is 31.8 Å². The third-order valence-corrected chi connectivity index (χ3v) is 11.7. The quantitative estimate of drug-likeness (QED) is 0.0839. The van der Waals surface area contributed by atoms with Crippen molar-refractivity contribution in [1.82, 2.24) is 0 Å². The summed E-state index contributed by atoms with van der Waals surface area (Å²) in [5, 5.41) is 8.39. The molecule has 2 aliphatic heterocycles. The van der Waals surface area contributed by atoms with Gasteiger partial charge in [0.15, 0.2) is 0 Å².